The molecule has 1 aliphatic rings. The van der Waals surface area contributed by atoms with Crippen molar-refractivity contribution in [3.63, 3.8) is 0 Å². The summed E-state index contributed by atoms with van der Waals surface area (Å²) in [5.74, 6) is 1.12. The summed E-state index contributed by atoms with van der Waals surface area (Å²) < 4.78 is 9.44. The second-order valence-electron chi connectivity index (χ2n) is 8.15. The number of carbonyl (C=O) groups is 1. The summed E-state index contributed by atoms with van der Waals surface area (Å²) in [7, 11) is 1.86. The molecule has 1 aliphatic heterocycles. The van der Waals surface area contributed by atoms with Gasteiger partial charge in [0.15, 0.2) is 0 Å². The number of hydrogen-bond acceptors (Lipinski definition) is 4. The predicted molar refractivity (Wildman–Crippen MR) is 120 cm³/mol. The molecule has 5 rings (SSSR count). The van der Waals surface area contributed by atoms with Crippen molar-refractivity contribution in [1.29, 1.82) is 0 Å². The molecule has 0 fully saturated rings. The Balaban J connectivity index is 1.25. The van der Waals surface area contributed by atoms with Crippen molar-refractivity contribution in [2.45, 2.75) is 39.8 Å². The molecular formula is C24H25N5O2. The molecule has 2 aromatic carbocycles. The van der Waals surface area contributed by atoms with Gasteiger partial charge in [0, 0.05) is 31.3 Å². The highest BCUT2D eigenvalue weighted by Crippen LogP contribution is 2.26. The molecule has 0 aliphatic carbocycles. The first-order valence-electron chi connectivity index (χ1n) is 10.5. The maximum absolute atomic E-state index is 12.4. The number of aryl methyl sites for hydroxylation is 5. The fourth-order valence-electron chi connectivity index (χ4n) is 4.26. The van der Waals surface area contributed by atoms with Crippen LogP contribution in [0.4, 0.5) is 10.5 Å². The fourth-order valence-corrected chi connectivity index (χ4v) is 4.26. The van der Waals surface area contributed by atoms with E-state index in [4.69, 9.17) is 4.74 Å². The van der Waals surface area contributed by atoms with Crippen LogP contribution in [0, 0.1) is 13.8 Å². The first-order chi connectivity index (χ1) is 15.0. The lowest BCUT2D eigenvalue weighted by Crippen LogP contribution is -2.14. The van der Waals surface area contributed by atoms with Gasteiger partial charge in [0.2, 0.25) is 0 Å². The highest BCUT2D eigenvalue weighted by Gasteiger charge is 2.17. The summed E-state index contributed by atoms with van der Waals surface area (Å²) in [6.45, 7) is 5.30. The zero-order chi connectivity index (χ0) is 21.5. The van der Waals surface area contributed by atoms with E-state index in [9.17, 15) is 4.79 Å². The van der Waals surface area contributed by atoms with Gasteiger partial charge in [-0.1, -0.05) is 23.8 Å². The van der Waals surface area contributed by atoms with Gasteiger partial charge in [-0.05, 0) is 50.1 Å². The molecular weight excluding hydrogens is 390 g/mol. The van der Waals surface area contributed by atoms with E-state index in [1.807, 2.05) is 31.3 Å². The molecule has 0 radical (unpaired) electrons. The van der Waals surface area contributed by atoms with E-state index >= 15 is 0 Å². The van der Waals surface area contributed by atoms with Crippen molar-refractivity contribution < 1.29 is 9.53 Å². The third-order valence-electron chi connectivity index (χ3n) is 5.84. The van der Waals surface area contributed by atoms with E-state index in [1.54, 1.807) is 4.68 Å². The van der Waals surface area contributed by atoms with Crippen LogP contribution >= 0.6 is 0 Å². The third-order valence-corrected chi connectivity index (χ3v) is 5.84. The quantitative estimate of drug-likeness (QED) is 0.522. The number of amides is 1. The summed E-state index contributed by atoms with van der Waals surface area (Å²) in [5.41, 5.74) is 7.85. The van der Waals surface area contributed by atoms with E-state index in [0.29, 0.717) is 5.69 Å². The topological polar surface area (TPSA) is 74.0 Å². The zero-order valence-corrected chi connectivity index (χ0v) is 18.0. The summed E-state index contributed by atoms with van der Waals surface area (Å²) in [6.07, 6.45) is 1.65. The Morgan fingerprint density at radius 2 is 2.03 bits per heavy atom. The average molecular weight is 415 g/mol. The highest BCUT2D eigenvalue weighted by molar-refractivity contribution is 5.89. The normalized spacial score (nSPS) is 12.9. The molecule has 7 heteroatoms. The molecule has 2 aromatic heterocycles. The minimum Gasteiger partial charge on any atom is -0.443 e. The van der Waals surface area contributed by atoms with Crippen LogP contribution in [0.25, 0.3) is 22.3 Å². The Bertz CT molecular complexity index is 1300. The van der Waals surface area contributed by atoms with Gasteiger partial charge in [-0.3, -0.25) is 10.00 Å². The number of ether oxygens (including phenoxy) is 1. The van der Waals surface area contributed by atoms with Crippen molar-refractivity contribution in [3.05, 3.63) is 65.1 Å². The van der Waals surface area contributed by atoms with E-state index < -0.39 is 6.09 Å². The van der Waals surface area contributed by atoms with Crippen LogP contribution in [0.1, 0.15) is 29.1 Å². The molecule has 158 valence electrons. The number of nitrogens with zero attached hydrogens (tertiary/aromatic N) is 4. The van der Waals surface area contributed by atoms with Crippen molar-refractivity contribution in [1.82, 2.24) is 19.3 Å². The lowest BCUT2D eigenvalue weighted by Gasteiger charge is -2.07. The van der Waals surface area contributed by atoms with Crippen LogP contribution in [0.15, 0.2) is 42.5 Å². The van der Waals surface area contributed by atoms with E-state index in [-0.39, 0.29) is 6.61 Å². The first-order valence-corrected chi connectivity index (χ1v) is 10.5. The number of carbonyl (C=O) groups excluding carboxylic acids is 1. The Kier molecular flexibility index (Phi) is 4.73. The monoisotopic (exact) mass is 415 g/mol. The van der Waals surface area contributed by atoms with Crippen molar-refractivity contribution in [3.8, 4) is 11.3 Å². The third kappa shape index (κ3) is 3.67. The standard InChI is InChI=1S/C24H25N5O2/c1-15-6-8-19(16(2)11-15)20-13-18(28(3)27-20)14-31-24(30)25-17-7-9-22-21(12-17)26-23-5-4-10-29(22)23/h6-9,11-13H,4-5,10,14H2,1-3H3,(H,25,30). The fraction of sp³-hybridized carbons (Fsp3) is 0.292. The van der Waals surface area contributed by atoms with Gasteiger partial charge in [-0.25, -0.2) is 9.78 Å². The second-order valence-corrected chi connectivity index (χ2v) is 8.15. The zero-order valence-electron chi connectivity index (χ0n) is 18.0. The number of hydrogen-bond donors (Lipinski definition) is 1. The van der Waals surface area contributed by atoms with Crippen molar-refractivity contribution in [2.24, 2.45) is 7.05 Å². The first kappa shape index (κ1) is 19.4. The van der Waals surface area contributed by atoms with E-state index in [1.165, 1.54) is 11.1 Å². The maximum atomic E-state index is 12.4. The molecule has 0 atom stereocenters. The number of rotatable bonds is 4. The van der Waals surface area contributed by atoms with Gasteiger partial charge in [-0.2, -0.15) is 5.10 Å². The van der Waals surface area contributed by atoms with Gasteiger partial charge in [0.25, 0.3) is 0 Å². The molecule has 31 heavy (non-hydrogen) atoms. The molecule has 0 saturated carbocycles. The maximum Gasteiger partial charge on any atom is 0.412 e. The van der Waals surface area contributed by atoms with Gasteiger partial charge in [-0.15, -0.1) is 0 Å². The molecule has 7 nitrogen and oxygen atoms in total. The van der Waals surface area contributed by atoms with Gasteiger partial charge >= 0.3 is 6.09 Å². The Labute approximate surface area is 180 Å². The Hall–Kier alpha value is -3.61. The molecule has 0 spiro atoms. The van der Waals surface area contributed by atoms with Crippen LogP contribution in [0.5, 0.6) is 0 Å². The molecule has 3 heterocycles. The van der Waals surface area contributed by atoms with E-state index in [0.717, 1.165) is 53.2 Å². The lowest BCUT2D eigenvalue weighted by atomic mass is 10.0. The van der Waals surface area contributed by atoms with Crippen molar-refractivity contribution in [2.75, 3.05) is 5.32 Å². The summed E-state index contributed by atoms with van der Waals surface area (Å²) in [5, 5.41) is 7.39. The number of imidazole rings is 1. The number of fused-ring (bicyclic) bond motifs is 3. The lowest BCUT2D eigenvalue weighted by molar-refractivity contribution is 0.152. The molecule has 4 aromatic rings. The molecule has 0 bridgehead atoms. The van der Waals surface area contributed by atoms with Crippen LogP contribution in [0.2, 0.25) is 0 Å². The van der Waals surface area contributed by atoms with Gasteiger partial charge < -0.3 is 9.30 Å². The number of benzene rings is 2. The highest BCUT2D eigenvalue weighted by atomic mass is 16.5. The van der Waals surface area contributed by atoms with Gasteiger partial charge in [0.1, 0.15) is 12.4 Å². The molecule has 0 saturated heterocycles. The smallest absolute Gasteiger partial charge is 0.412 e. The second kappa shape index (κ2) is 7.58. The summed E-state index contributed by atoms with van der Waals surface area (Å²) in [6, 6.07) is 14.0. The minimum atomic E-state index is -0.500. The average Bonchev–Trinajstić information content (AvgIpc) is 3.40. The van der Waals surface area contributed by atoms with Gasteiger partial charge in [0.05, 0.1) is 22.4 Å². The molecule has 1 N–H and O–H groups in total. The number of aromatic nitrogens is 4. The Morgan fingerprint density at radius 3 is 2.87 bits per heavy atom. The minimum absolute atomic E-state index is 0.140. The van der Waals surface area contributed by atoms with Crippen LogP contribution in [-0.4, -0.2) is 25.4 Å². The number of nitrogens with one attached hydrogen (secondary N) is 1. The summed E-state index contributed by atoms with van der Waals surface area (Å²) in [4.78, 5) is 17.0. The Morgan fingerprint density at radius 1 is 1.16 bits per heavy atom. The predicted octanol–water partition coefficient (Wildman–Crippen LogP) is 4.75. The molecule has 0 unspecified atom stereocenters. The largest absolute Gasteiger partial charge is 0.443 e. The van der Waals surface area contributed by atoms with Crippen LogP contribution < -0.4 is 5.32 Å². The van der Waals surface area contributed by atoms with Crippen molar-refractivity contribution >= 4 is 22.8 Å². The molecule has 1 amide bonds. The number of anilines is 1. The summed E-state index contributed by atoms with van der Waals surface area (Å²) >= 11 is 0. The van der Waals surface area contributed by atoms with Crippen LogP contribution in [0.3, 0.4) is 0 Å². The van der Waals surface area contributed by atoms with Crippen LogP contribution in [-0.2, 0) is 31.4 Å². The SMILES string of the molecule is Cc1ccc(-c2cc(COC(=O)Nc3ccc4c(c3)nc3n4CCC3)n(C)n2)c(C)c1. The van der Waals surface area contributed by atoms with E-state index in [2.05, 4.69) is 52.0 Å².